The summed E-state index contributed by atoms with van der Waals surface area (Å²) in [5, 5.41) is 8.86. The molecule has 3 heteroatoms. The van der Waals surface area contributed by atoms with E-state index in [2.05, 4.69) is 0 Å². The molecule has 1 unspecified atom stereocenters. The van der Waals surface area contributed by atoms with E-state index in [9.17, 15) is 0 Å². The van der Waals surface area contributed by atoms with E-state index in [0.717, 1.165) is 5.56 Å². The number of hydrogen-bond acceptors (Lipinski definition) is 2. The number of hydrogen-bond donors (Lipinski definition) is 1. The molecule has 1 rings (SSSR count). The first-order valence-electron chi connectivity index (χ1n) is 4.40. The minimum Gasteiger partial charge on any atom is -0.395 e. The fourth-order valence-corrected chi connectivity index (χ4v) is 1.05. The lowest BCUT2D eigenvalue weighted by Crippen LogP contribution is -2.32. The van der Waals surface area contributed by atoms with Gasteiger partial charge in [-0.15, -0.1) is 0 Å². The second-order valence-corrected chi connectivity index (χ2v) is 3.19. The molecule has 0 spiro atoms. The van der Waals surface area contributed by atoms with Crippen LogP contribution in [0.25, 0.3) is 0 Å². The number of aliphatic hydroxyl groups is 1. The molecular formula is C10H14BNO. The first kappa shape index (κ1) is 10.3. The summed E-state index contributed by atoms with van der Waals surface area (Å²) in [5.41, 5.74) is 1.16. The van der Waals surface area contributed by atoms with Gasteiger partial charge in [-0.1, -0.05) is 30.3 Å². The average Bonchev–Trinajstić information content (AvgIpc) is 2.18. The Morgan fingerprint density at radius 1 is 1.38 bits per heavy atom. The number of rotatable bonds is 4. The maximum absolute atomic E-state index is 8.86. The van der Waals surface area contributed by atoms with Gasteiger partial charge in [0.05, 0.1) is 6.61 Å². The molecule has 1 aromatic rings. The van der Waals surface area contributed by atoms with Crippen LogP contribution in [0.15, 0.2) is 30.3 Å². The van der Waals surface area contributed by atoms with Gasteiger partial charge in [-0.05, 0) is 12.5 Å². The van der Waals surface area contributed by atoms with Crippen LogP contribution in [0, 0.1) is 0 Å². The Bertz CT molecular complexity index is 240. The summed E-state index contributed by atoms with van der Waals surface area (Å²) in [5.74, 6) is 0. The topological polar surface area (TPSA) is 23.5 Å². The van der Waals surface area contributed by atoms with Crippen molar-refractivity contribution in [2.75, 3.05) is 6.61 Å². The lowest BCUT2D eigenvalue weighted by molar-refractivity contribution is 0.198. The van der Waals surface area contributed by atoms with Gasteiger partial charge in [-0.25, -0.2) is 0 Å². The predicted molar refractivity (Wildman–Crippen MR) is 54.3 cm³/mol. The van der Waals surface area contributed by atoms with Crippen LogP contribution >= 0.6 is 0 Å². The van der Waals surface area contributed by atoms with Crippen molar-refractivity contribution in [3.8, 4) is 0 Å². The first-order valence-corrected chi connectivity index (χ1v) is 4.40. The zero-order valence-corrected chi connectivity index (χ0v) is 7.85. The maximum atomic E-state index is 8.86. The van der Waals surface area contributed by atoms with Crippen molar-refractivity contribution in [3.63, 3.8) is 0 Å². The highest BCUT2D eigenvalue weighted by molar-refractivity contribution is 6.04. The fourth-order valence-electron chi connectivity index (χ4n) is 1.05. The molecule has 0 aliphatic heterocycles. The number of aliphatic hydroxyl groups excluding tert-OH is 1. The van der Waals surface area contributed by atoms with E-state index in [-0.39, 0.29) is 12.6 Å². The second-order valence-electron chi connectivity index (χ2n) is 3.19. The van der Waals surface area contributed by atoms with E-state index >= 15 is 0 Å². The summed E-state index contributed by atoms with van der Waals surface area (Å²) in [6, 6.07) is 9.97. The highest BCUT2D eigenvalue weighted by Gasteiger charge is 2.06. The molecule has 0 amide bonds. The molecule has 13 heavy (non-hydrogen) atoms. The van der Waals surface area contributed by atoms with Gasteiger partial charge >= 0.3 is 0 Å². The van der Waals surface area contributed by atoms with Crippen molar-refractivity contribution in [2.24, 2.45) is 0 Å². The average molecular weight is 175 g/mol. The molecule has 0 fully saturated rings. The van der Waals surface area contributed by atoms with Gasteiger partial charge in [0.1, 0.15) is 0 Å². The Morgan fingerprint density at radius 2 is 2.00 bits per heavy atom. The van der Waals surface area contributed by atoms with Crippen LogP contribution in [-0.4, -0.2) is 30.5 Å². The zero-order chi connectivity index (χ0) is 9.68. The Kier molecular flexibility index (Phi) is 3.99. The minimum atomic E-state index is 0.000191. The van der Waals surface area contributed by atoms with Crippen LogP contribution in [0.3, 0.4) is 0 Å². The largest absolute Gasteiger partial charge is 0.395 e. The van der Waals surface area contributed by atoms with Crippen LogP contribution in [0.5, 0.6) is 0 Å². The van der Waals surface area contributed by atoms with Crippen molar-refractivity contribution in [1.82, 2.24) is 4.81 Å². The normalized spacial score (nSPS) is 13.2. The van der Waals surface area contributed by atoms with Gasteiger partial charge in [0, 0.05) is 12.6 Å². The van der Waals surface area contributed by atoms with E-state index in [1.807, 2.05) is 37.3 Å². The summed E-state index contributed by atoms with van der Waals surface area (Å²) >= 11 is 0. The molecule has 1 atom stereocenters. The Balaban J connectivity index is 2.50. The van der Waals surface area contributed by atoms with E-state index in [0.29, 0.717) is 6.54 Å². The molecule has 2 radical (unpaired) electrons. The molecule has 1 aromatic carbocycles. The van der Waals surface area contributed by atoms with Crippen molar-refractivity contribution >= 4 is 7.98 Å². The van der Waals surface area contributed by atoms with Crippen molar-refractivity contribution in [3.05, 3.63) is 35.9 Å². The second kappa shape index (κ2) is 5.05. The first-order chi connectivity index (χ1) is 6.24. The zero-order valence-electron chi connectivity index (χ0n) is 7.85. The summed E-state index contributed by atoms with van der Waals surface area (Å²) < 4.78 is 0. The Hall–Kier alpha value is -0.795. The van der Waals surface area contributed by atoms with Gasteiger partial charge in [0.25, 0.3) is 0 Å². The molecule has 0 aliphatic rings. The summed E-state index contributed by atoms with van der Waals surface area (Å²) in [6.07, 6.45) is 0. The van der Waals surface area contributed by atoms with Crippen molar-refractivity contribution < 1.29 is 5.11 Å². The van der Waals surface area contributed by atoms with Crippen molar-refractivity contribution in [2.45, 2.75) is 19.5 Å². The maximum Gasteiger partial charge on any atom is 0.183 e. The standard InChI is InChI=1S/C10H14BNO/c1-9(8-13)12(11)7-10-5-3-2-4-6-10/h2-6,9,13H,7-8H2,1H3. The monoisotopic (exact) mass is 175 g/mol. The molecule has 0 aromatic heterocycles. The Labute approximate surface area is 80.6 Å². The molecule has 1 N–H and O–H groups in total. The highest BCUT2D eigenvalue weighted by Crippen LogP contribution is 2.04. The van der Waals surface area contributed by atoms with Crippen LogP contribution in [-0.2, 0) is 6.54 Å². The number of nitrogens with zero attached hydrogens (tertiary/aromatic N) is 1. The van der Waals surface area contributed by atoms with Gasteiger partial charge in [0.2, 0.25) is 0 Å². The van der Waals surface area contributed by atoms with Gasteiger partial charge in [-0.2, -0.15) is 0 Å². The number of benzene rings is 1. The predicted octanol–water partition coefficient (Wildman–Crippen LogP) is 0.953. The van der Waals surface area contributed by atoms with Gasteiger partial charge in [-0.3, -0.25) is 0 Å². The highest BCUT2D eigenvalue weighted by atomic mass is 16.3. The Morgan fingerprint density at radius 3 is 2.54 bits per heavy atom. The lowest BCUT2D eigenvalue weighted by Gasteiger charge is -2.23. The summed E-state index contributed by atoms with van der Waals surface area (Å²) in [7, 11) is 5.73. The van der Waals surface area contributed by atoms with Crippen LogP contribution < -0.4 is 0 Å². The smallest absolute Gasteiger partial charge is 0.183 e. The fraction of sp³-hybridized carbons (Fsp3) is 0.400. The van der Waals surface area contributed by atoms with Gasteiger partial charge < -0.3 is 9.92 Å². The van der Waals surface area contributed by atoms with E-state index < -0.39 is 0 Å². The third kappa shape index (κ3) is 3.21. The van der Waals surface area contributed by atoms with E-state index in [4.69, 9.17) is 13.1 Å². The van der Waals surface area contributed by atoms with E-state index in [1.54, 1.807) is 4.81 Å². The summed E-state index contributed by atoms with van der Waals surface area (Å²) in [4.78, 5) is 1.63. The molecule has 68 valence electrons. The molecule has 0 saturated heterocycles. The summed E-state index contributed by atoms with van der Waals surface area (Å²) in [6.45, 7) is 2.65. The SMILES string of the molecule is [B]N(Cc1ccccc1)C(C)CO. The third-order valence-corrected chi connectivity index (χ3v) is 2.04. The van der Waals surface area contributed by atoms with Crippen LogP contribution in [0.4, 0.5) is 0 Å². The van der Waals surface area contributed by atoms with Crippen LogP contribution in [0.1, 0.15) is 12.5 Å². The van der Waals surface area contributed by atoms with Crippen LogP contribution in [0.2, 0.25) is 0 Å². The van der Waals surface area contributed by atoms with Crippen molar-refractivity contribution in [1.29, 1.82) is 0 Å². The van der Waals surface area contributed by atoms with Gasteiger partial charge in [0.15, 0.2) is 7.98 Å². The minimum absolute atomic E-state index is 0.000191. The molecule has 0 bridgehead atoms. The molecular weight excluding hydrogens is 161 g/mol. The quantitative estimate of drug-likeness (QED) is 0.688. The van der Waals surface area contributed by atoms with E-state index in [1.165, 1.54) is 0 Å². The molecule has 0 aliphatic carbocycles. The molecule has 0 saturated carbocycles. The lowest BCUT2D eigenvalue weighted by atomic mass is 10.1. The third-order valence-electron chi connectivity index (χ3n) is 2.04. The molecule has 0 heterocycles. The molecule has 2 nitrogen and oxygen atoms in total.